The number of allylic oxidation sites excluding steroid dienone is 1. The maximum atomic E-state index is 6.92. The Morgan fingerprint density at radius 3 is 2.43 bits per heavy atom. The fraction of sp³-hybridized carbons (Fsp3) is 0.440. The van der Waals surface area contributed by atoms with Crippen molar-refractivity contribution in [3.05, 3.63) is 77.7 Å². The zero-order valence-corrected chi connectivity index (χ0v) is 19.3. The Morgan fingerprint density at radius 2 is 1.70 bits per heavy atom. The average molecular weight is 424 g/mol. The van der Waals surface area contributed by atoms with Crippen LogP contribution in [0.15, 0.2) is 66.6 Å². The molecule has 4 nitrogen and oxygen atoms in total. The van der Waals surface area contributed by atoms with Crippen LogP contribution in [0.2, 0.25) is 18.1 Å². The Kier molecular flexibility index (Phi) is 6.49. The molecule has 0 bridgehead atoms. The molecule has 0 aliphatic carbocycles. The van der Waals surface area contributed by atoms with E-state index < -0.39 is 8.32 Å². The van der Waals surface area contributed by atoms with Crippen LogP contribution in [0, 0.1) is 5.92 Å². The van der Waals surface area contributed by atoms with Crippen molar-refractivity contribution in [2.24, 2.45) is 5.92 Å². The van der Waals surface area contributed by atoms with E-state index >= 15 is 0 Å². The van der Waals surface area contributed by atoms with Crippen LogP contribution in [0.25, 0.3) is 0 Å². The van der Waals surface area contributed by atoms with E-state index in [1.54, 1.807) is 0 Å². The second-order valence-electron chi connectivity index (χ2n) is 8.25. The van der Waals surface area contributed by atoms with Crippen molar-refractivity contribution in [3.8, 4) is 5.75 Å². The monoisotopic (exact) mass is 423 g/mol. The third kappa shape index (κ3) is 4.14. The van der Waals surface area contributed by atoms with E-state index in [1.807, 2.05) is 6.07 Å². The summed E-state index contributed by atoms with van der Waals surface area (Å²) in [5, 5.41) is 2.05. The normalized spacial score (nSPS) is 21.0. The Balaban J connectivity index is 1.68. The summed E-state index contributed by atoms with van der Waals surface area (Å²) >= 11 is 0. The second kappa shape index (κ2) is 9.27. The van der Waals surface area contributed by atoms with Gasteiger partial charge in [0.2, 0.25) is 0 Å². The largest absolute Gasteiger partial charge is 0.531 e. The van der Waals surface area contributed by atoms with E-state index in [2.05, 4.69) is 80.4 Å². The molecule has 2 aromatic rings. The minimum Gasteiger partial charge on any atom is -0.531 e. The highest BCUT2D eigenvalue weighted by atomic mass is 28.4. The second-order valence-corrected chi connectivity index (χ2v) is 12.9. The molecule has 0 unspecified atom stereocenters. The minimum absolute atomic E-state index is 0.134. The highest BCUT2D eigenvalue weighted by molar-refractivity contribution is 6.73. The van der Waals surface area contributed by atoms with Crippen LogP contribution in [0.1, 0.15) is 37.9 Å². The third-order valence-electron chi connectivity index (χ3n) is 6.64. The first-order chi connectivity index (χ1) is 14.7. The van der Waals surface area contributed by atoms with Gasteiger partial charge in [0.1, 0.15) is 5.75 Å². The minimum atomic E-state index is -1.86. The van der Waals surface area contributed by atoms with Crippen LogP contribution < -0.4 is 4.74 Å². The molecule has 0 amide bonds. The molecule has 160 valence electrons. The van der Waals surface area contributed by atoms with Crippen molar-refractivity contribution in [1.82, 2.24) is 5.06 Å². The number of hydrogen-bond acceptors (Lipinski definition) is 4. The van der Waals surface area contributed by atoms with Gasteiger partial charge in [0.25, 0.3) is 8.32 Å². The highest BCUT2D eigenvalue weighted by Gasteiger charge is 2.44. The van der Waals surface area contributed by atoms with E-state index in [4.69, 9.17) is 14.0 Å². The fourth-order valence-electron chi connectivity index (χ4n) is 4.50. The quantitative estimate of drug-likeness (QED) is 0.380. The number of rotatable bonds is 8. The van der Waals surface area contributed by atoms with Gasteiger partial charge in [0, 0.05) is 11.5 Å². The first-order valence-electron chi connectivity index (χ1n) is 11.3. The lowest BCUT2D eigenvalue weighted by molar-refractivity contribution is -0.130. The molecular formula is C25H33NO3Si. The van der Waals surface area contributed by atoms with Gasteiger partial charge in [-0.2, -0.15) is 0 Å². The van der Waals surface area contributed by atoms with Crippen molar-refractivity contribution < 1.29 is 14.0 Å². The molecule has 0 N–H and O–H groups in total. The maximum absolute atomic E-state index is 6.92. The van der Waals surface area contributed by atoms with Crippen LogP contribution in [-0.2, 0) is 15.7 Å². The lowest BCUT2D eigenvalue weighted by Gasteiger charge is -2.37. The van der Waals surface area contributed by atoms with E-state index in [-0.39, 0.29) is 6.04 Å². The van der Waals surface area contributed by atoms with Crippen molar-refractivity contribution in [2.75, 3.05) is 13.2 Å². The van der Waals surface area contributed by atoms with E-state index in [0.717, 1.165) is 36.2 Å². The molecule has 5 heteroatoms. The smallest absolute Gasteiger partial charge is 0.252 e. The maximum Gasteiger partial charge on any atom is 0.252 e. The summed E-state index contributed by atoms with van der Waals surface area (Å²) in [6, 6.07) is 22.3. The van der Waals surface area contributed by atoms with Crippen LogP contribution in [-0.4, -0.2) is 26.6 Å². The Bertz CT molecular complexity index is 857. The topological polar surface area (TPSA) is 30.9 Å². The highest BCUT2D eigenvalue weighted by Crippen LogP contribution is 2.45. The standard InChI is InChI=1S/C25H33NO3Si/c1-4-30(5-2,6-3)29-24(17-16-20-12-8-7-9-13-20)26-25-21(19-28-26)18-27-23-15-11-10-14-22(23)25/h7-15,17,21,25H,4-6,16,18-19H2,1-3H3/b24-17-/t21-,25+/m0/s1. The Hall–Kier alpha value is -2.24. The summed E-state index contributed by atoms with van der Waals surface area (Å²) in [7, 11) is -1.86. The van der Waals surface area contributed by atoms with Crippen molar-refractivity contribution >= 4 is 8.32 Å². The number of ether oxygens (including phenoxy) is 1. The Labute approximate surface area is 181 Å². The molecule has 4 rings (SSSR count). The lowest BCUT2D eigenvalue weighted by Crippen LogP contribution is -2.40. The molecule has 30 heavy (non-hydrogen) atoms. The van der Waals surface area contributed by atoms with Gasteiger partial charge in [-0.25, -0.2) is 5.06 Å². The lowest BCUT2D eigenvalue weighted by atomic mass is 9.92. The van der Waals surface area contributed by atoms with Crippen LogP contribution in [0.5, 0.6) is 5.75 Å². The van der Waals surface area contributed by atoms with Gasteiger partial charge in [0.05, 0.1) is 19.3 Å². The van der Waals surface area contributed by atoms with Crippen molar-refractivity contribution in [3.63, 3.8) is 0 Å². The molecule has 0 spiro atoms. The first-order valence-corrected chi connectivity index (χ1v) is 13.8. The zero-order chi connectivity index (χ0) is 21.0. The summed E-state index contributed by atoms with van der Waals surface area (Å²) in [5.74, 6) is 2.16. The number of para-hydroxylation sites is 1. The van der Waals surface area contributed by atoms with Crippen LogP contribution in [0.3, 0.4) is 0 Å². The van der Waals surface area contributed by atoms with E-state index in [1.165, 1.54) is 11.1 Å². The van der Waals surface area contributed by atoms with Gasteiger partial charge in [0.15, 0.2) is 5.88 Å². The molecular weight excluding hydrogens is 390 g/mol. The predicted octanol–water partition coefficient (Wildman–Crippen LogP) is 6.09. The Morgan fingerprint density at radius 1 is 1.00 bits per heavy atom. The number of benzene rings is 2. The van der Waals surface area contributed by atoms with Gasteiger partial charge in [-0.1, -0.05) is 69.3 Å². The number of hydroxylamine groups is 2. The summed E-state index contributed by atoms with van der Waals surface area (Å²) in [6.45, 7) is 8.15. The molecule has 0 radical (unpaired) electrons. The van der Waals surface area contributed by atoms with Crippen LogP contribution in [0.4, 0.5) is 0 Å². The molecule has 1 saturated heterocycles. The van der Waals surface area contributed by atoms with Gasteiger partial charge < -0.3 is 9.16 Å². The molecule has 2 aliphatic heterocycles. The summed E-state index contributed by atoms with van der Waals surface area (Å²) in [6.07, 6.45) is 3.05. The fourth-order valence-corrected chi connectivity index (χ4v) is 7.05. The average Bonchev–Trinajstić information content (AvgIpc) is 3.25. The van der Waals surface area contributed by atoms with Crippen molar-refractivity contribution in [1.29, 1.82) is 0 Å². The predicted molar refractivity (Wildman–Crippen MR) is 122 cm³/mol. The van der Waals surface area contributed by atoms with Gasteiger partial charge >= 0.3 is 0 Å². The molecule has 2 aliphatic rings. The van der Waals surface area contributed by atoms with E-state index in [9.17, 15) is 0 Å². The molecule has 0 aromatic heterocycles. The molecule has 2 aromatic carbocycles. The number of hydrogen-bond donors (Lipinski definition) is 0. The molecule has 2 heterocycles. The first kappa shape index (κ1) is 21.0. The SMILES string of the molecule is CC[Si](CC)(CC)O/C(=C\Cc1ccccc1)N1OC[C@@H]2COc3ccccc3[C@@H]21. The molecule has 2 atom stereocenters. The van der Waals surface area contributed by atoms with Crippen molar-refractivity contribution in [2.45, 2.75) is 51.4 Å². The summed E-state index contributed by atoms with van der Waals surface area (Å²) < 4.78 is 12.9. The van der Waals surface area contributed by atoms with Gasteiger partial charge in [-0.15, -0.1) is 0 Å². The van der Waals surface area contributed by atoms with Gasteiger partial charge in [-0.3, -0.25) is 4.84 Å². The van der Waals surface area contributed by atoms with E-state index in [0.29, 0.717) is 19.1 Å². The third-order valence-corrected chi connectivity index (χ3v) is 11.2. The molecule has 0 saturated carbocycles. The summed E-state index contributed by atoms with van der Waals surface area (Å²) in [5.41, 5.74) is 2.47. The number of fused-ring (bicyclic) bond motifs is 3. The van der Waals surface area contributed by atoms with Gasteiger partial charge in [-0.05, 0) is 42.3 Å². The molecule has 1 fully saturated rings. The summed E-state index contributed by atoms with van der Waals surface area (Å²) in [4.78, 5) is 6.27. The number of nitrogens with zero attached hydrogens (tertiary/aromatic N) is 1. The van der Waals surface area contributed by atoms with Crippen LogP contribution >= 0.6 is 0 Å². The zero-order valence-electron chi connectivity index (χ0n) is 18.3.